The minimum absolute atomic E-state index is 0.547. The second-order valence-corrected chi connectivity index (χ2v) is 7.03. The number of hydrogen-bond donors (Lipinski definition) is 2. The van der Waals surface area contributed by atoms with Gasteiger partial charge >= 0.3 is 0 Å². The molecule has 0 bridgehead atoms. The van der Waals surface area contributed by atoms with Crippen molar-refractivity contribution in [3.8, 4) is 0 Å². The predicted molar refractivity (Wildman–Crippen MR) is 99.9 cm³/mol. The summed E-state index contributed by atoms with van der Waals surface area (Å²) in [6, 6.07) is 6.31. The SMILES string of the molecule is CCCCc1nc2c(N)nc3cccc(CCCCN)c3c2s1. The molecule has 0 saturated heterocycles. The number of benzene rings is 1. The first-order valence-corrected chi connectivity index (χ1v) is 9.22. The van der Waals surface area contributed by atoms with Crippen molar-refractivity contribution >= 4 is 38.3 Å². The van der Waals surface area contributed by atoms with E-state index in [9.17, 15) is 0 Å². The number of nitrogen functional groups attached to an aromatic ring is 1. The molecule has 5 heteroatoms. The smallest absolute Gasteiger partial charge is 0.151 e. The summed E-state index contributed by atoms with van der Waals surface area (Å²) >= 11 is 1.78. The number of pyridine rings is 1. The zero-order valence-electron chi connectivity index (χ0n) is 13.6. The van der Waals surface area contributed by atoms with Crippen molar-refractivity contribution in [2.75, 3.05) is 12.3 Å². The van der Waals surface area contributed by atoms with Crippen LogP contribution in [0.15, 0.2) is 18.2 Å². The monoisotopic (exact) mass is 328 g/mol. The molecule has 3 aromatic rings. The Kier molecular flexibility index (Phi) is 5.08. The van der Waals surface area contributed by atoms with Crippen molar-refractivity contribution in [1.82, 2.24) is 9.97 Å². The van der Waals surface area contributed by atoms with Gasteiger partial charge in [-0.05, 0) is 50.3 Å². The zero-order valence-corrected chi connectivity index (χ0v) is 14.5. The molecular weight excluding hydrogens is 304 g/mol. The van der Waals surface area contributed by atoms with E-state index in [1.165, 1.54) is 27.1 Å². The van der Waals surface area contributed by atoms with Crippen LogP contribution in [0.2, 0.25) is 0 Å². The van der Waals surface area contributed by atoms with Crippen LogP contribution in [-0.2, 0) is 12.8 Å². The summed E-state index contributed by atoms with van der Waals surface area (Å²) in [4.78, 5) is 9.33. The number of anilines is 1. The standard InChI is InChI=1S/C18H24N4S/c1-2-3-10-14-22-16-17(23-14)15-12(7-4-5-11-19)8-6-9-13(15)21-18(16)20/h6,8-9H,2-5,7,10-11,19H2,1H3,(H2,20,21). The molecule has 4 nitrogen and oxygen atoms in total. The van der Waals surface area contributed by atoms with Gasteiger partial charge in [0.15, 0.2) is 5.82 Å². The Labute approximate surface area is 140 Å². The Balaban J connectivity index is 2.12. The van der Waals surface area contributed by atoms with Crippen LogP contribution < -0.4 is 11.5 Å². The predicted octanol–water partition coefficient (Wildman–Crippen LogP) is 4.05. The average molecular weight is 328 g/mol. The van der Waals surface area contributed by atoms with Crippen molar-refractivity contribution in [2.24, 2.45) is 5.73 Å². The van der Waals surface area contributed by atoms with Crippen LogP contribution in [0.3, 0.4) is 0 Å². The lowest BCUT2D eigenvalue weighted by atomic mass is 10.0. The number of fused-ring (bicyclic) bond motifs is 3. The van der Waals surface area contributed by atoms with E-state index in [2.05, 4.69) is 24.0 Å². The summed E-state index contributed by atoms with van der Waals surface area (Å²) < 4.78 is 1.20. The van der Waals surface area contributed by atoms with Crippen LogP contribution in [0.1, 0.15) is 43.2 Å². The van der Waals surface area contributed by atoms with Gasteiger partial charge in [-0.25, -0.2) is 9.97 Å². The number of thiazole rings is 1. The third-order valence-corrected chi connectivity index (χ3v) is 5.29. The molecule has 0 aliphatic heterocycles. The van der Waals surface area contributed by atoms with Crippen molar-refractivity contribution in [3.05, 3.63) is 28.8 Å². The highest BCUT2D eigenvalue weighted by atomic mass is 32.1. The number of aryl methyl sites for hydroxylation is 2. The number of unbranched alkanes of at least 4 members (excludes halogenated alkanes) is 2. The summed E-state index contributed by atoms with van der Waals surface area (Å²) in [6.07, 6.45) is 6.53. The van der Waals surface area contributed by atoms with E-state index >= 15 is 0 Å². The molecular formula is C18H24N4S. The topological polar surface area (TPSA) is 77.8 Å². The van der Waals surface area contributed by atoms with Crippen molar-refractivity contribution in [2.45, 2.75) is 45.4 Å². The number of hydrogen-bond acceptors (Lipinski definition) is 5. The van der Waals surface area contributed by atoms with Crippen molar-refractivity contribution < 1.29 is 0 Å². The van der Waals surface area contributed by atoms with Crippen LogP contribution >= 0.6 is 11.3 Å². The van der Waals surface area contributed by atoms with Crippen LogP contribution in [0.5, 0.6) is 0 Å². The molecule has 0 amide bonds. The molecule has 3 rings (SSSR count). The fourth-order valence-electron chi connectivity index (χ4n) is 2.94. The third kappa shape index (κ3) is 3.31. The van der Waals surface area contributed by atoms with Gasteiger partial charge in [0.05, 0.1) is 15.2 Å². The number of aromatic nitrogens is 2. The zero-order chi connectivity index (χ0) is 16.2. The normalized spacial score (nSPS) is 11.6. The van der Waals surface area contributed by atoms with E-state index in [1.54, 1.807) is 11.3 Å². The van der Waals surface area contributed by atoms with E-state index in [-0.39, 0.29) is 0 Å². The summed E-state index contributed by atoms with van der Waals surface area (Å²) in [5.74, 6) is 0.547. The highest BCUT2D eigenvalue weighted by Gasteiger charge is 2.14. The Morgan fingerprint density at radius 3 is 2.74 bits per heavy atom. The van der Waals surface area contributed by atoms with Gasteiger partial charge < -0.3 is 11.5 Å². The molecule has 0 saturated carbocycles. The molecule has 0 aliphatic carbocycles. The van der Waals surface area contributed by atoms with E-state index in [4.69, 9.17) is 16.5 Å². The molecule has 0 spiro atoms. The number of rotatable bonds is 7. The maximum atomic E-state index is 6.15. The molecule has 122 valence electrons. The van der Waals surface area contributed by atoms with Gasteiger partial charge in [-0.1, -0.05) is 25.5 Å². The summed E-state index contributed by atoms with van der Waals surface area (Å²) in [5.41, 5.74) is 15.0. The second kappa shape index (κ2) is 7.23. The summed E-state index contributed by atoms with van der Waals surface area (Å²) in [6.45, 7) is 2.95. The first-order valence-electron chi connectivity index (χ1n) is 8.41. The molecule has 0 radical (unpaired) electrons. The van der Waals surface area contributed by atoms with Gasteiger partial charge in [0.2, 0.25) is 0 Å². The van der Waals surface area contributed by atoms with Crippen LogP contribution in [0, 0.1) is 0 Å². The van der Waals surface area contributed by atoms with Crippen molar-refractivity contribution in [1.29, 1.82) is 0 Å². The fraction of sp³-hybridized carbons (Fsp3) is 0.444. The maximum Gasteiger partial charge on any atom is 0.151 e. The Bertz CT molecular complexity index is 809. The molecule has 2 aromatic heterocycles. The van der Waals surface area contributed by atoms with Gasteiger partial charge in [0.1, 0.15) is 5.52 Å². The lowest BCUT2D eigenvalue weighted by Crippen LogP contribution is -2.00. The van der Waals surface area contributed by atoms with Gasteiger partial charge in [-0.3, -0.25) is 0 Å². The fourth-order valence-corrected chi connectivity index (χ4v) is 4.14. The molecule has 4 N–H and O–H groups in total. The lowest BCUT2D eigenvalue weighted by Gasteiger charge is -2.07. The molecule has 0 unspecified atom stereocenters. The van der Waals surface area contributed by atoms with E-state index in [1.807, 2.05) is 6.07 Å². The minimum Gasteiger partial charge on any atom is -0.382 e. The molecule has 1 aromatic carbocycles. The van der Waals surface area contributed by atoms with E-state index in [0.717, 1.165) is 49.7 Å². The van der Waals surface area contributed by atoms with Crippen LogP contribution in [-0.4, -0.2) is 16.5 Å². The quantitative estimate of drug-likeness (QED) is 0.641. The molecule has 0 aliphatic rings. The van der Waals surface area contributed by atoms with E-state index < -0.39 is 0 Å². The van der Waals surface area contributed by atoms with Crippen LogP contribution in [0.4, 0.5) is 5.82 Å². The molecule has 23 heavy (non-hydrogen) atoms. The Morgan fingerprint density at radius 2 is 1.96 bits per heavy atom. The van der Waals surface area contributed by atoms with Crippen molar-refractivity contribution in [3.63, 3.8) is 0 Å². The maximum absolute atomic E-state index is 6.15. The molecule has 0 atom stereocenters. The largest absolute Gasteiger partial charge is 0.382 e. The average Bonchev–Trinajstić information content (AvgIpc) is 2.98. The lowest BCUT2D eigenvalue weighted by molar-refractivity contribution is 0.747. The Morgan fingerprint density at radius 1 is 1.09 bits per heavy atom. The second-order valence-electron chi connectivity index (χ2n) is 5.94. The van der Waals surface area contributed by atoms with E-state index in [0.29, 0.717) is 5.82 Å². The highest BCUT2D eigenvalue weighted by Crippen LogP contribution is 2.35. The minimum atomic E-state index is 0.547. The first kappa shape index (κ1) is 16.1. The first-order chi connectivity index (χ1) is 11.2. The van der Waals surface area contributed by atoms with Gasteiger partial charge in [-0.15, -0.1) is 11.3 Å². The number of nitrogens with two attached hydrogens (primary N) is 2. The Hall–Kier alpha value is -1.72. The van der Waals surface area contributed by atoms with Gasteiger partial charge in [0, 0.05) is 5.39 Å². The van der Waals surface area contributed by atoms with Crippen LogP contribution in [0.25, 0.3) is 21.1 Å². The highest BCUT2D eigenvalue weighted by molar-refractivity contribution is 7.19. The van der Waals surface area contributed by atoms with Gasteiger partial charge in [0.25, 0.3) is 0 Å². The molecule has 2 heterocycles. The van der Waals surface area contributed by atoms with Gasteiger partial charge in [-0.2, -0.15) is 0 Å². The third-order valence-electron chi connectivity index (χ3n) is 4.16. The molecule has 0 fully saturated rings. The number of nitrogens with zero attached hydrogens (tertiary/aromatic N) is 2. The summed E-state index contributed by atoms with van der Waals surface area (Å²) in [5, 5.41) is 2.40. The summed E-state index contributed by atoms with van der Waals surface area (Å²) in [7, 11) is 0.